The molecule has 1 unspecified atom stereocenters. The van der Waals surface area contributed by atoms with Crippen molar-refractivity contribution in [2.24, 2.45) is 0 Å². The van der Waals surface area contributed by atoms with Crippen molar-refractivity contribution < 1.29 is 19.4 Å². The fourth-order valence-electron chi connectivity index (χ4n) is 4.64. The van der Waals surface area contributed by atoms with E-state index in [9.17, 15) is 14.7 Å². The number of amides is 1. The minimum Gasteiger partial charge on any atom is -0.507 e. The fourth-order valence-corrected chi connectivity index (χ4v) is 4.64. The van der Waals surface area contributed by atoms with Gasteiger partial charge < -0.3 is 14.7 Å². The summed E-state index contributed by atoms with van der Waals surface area (Å²) in [5.74, 6) is -0.652. The number of hydrogen-bond donors (Lipinski definition) is 1. The first-order chi connectivity index (χ1) is 16.7. The zero-order valence-electron chi connectivity index (χ0n) is 20.7. The number of likely N-dealkylation sites (tertiary alicyclic amines) is 1. The lowest BCUT2D eigenvalue weighted by Gasteiger charge is -2.26. The molecule has 1 aromatic heterocycles. The van der Waals surface area contributed by atoms with Gasteiger partial charge in [-0.05, 0) is 60.2 Å². The van der Waals surface area contributed by atoms with Crippen LogP contribution in [-0.2, 0) is 16.1 Å². The third-order valence-electron chi connectivity index (χ3n) is 6.43. The zero-order chi connectivity index (χ0) is 25.3. The maximum absolute atomic E-state index is 13.4. The summed E-state index contributed by atoms with van der Waals surface area (Å²) in [7, 11) is 1.61. The molecule has 180 valence electrons. The summed E-state index contributed by atoms with van der Waals surface area (Å²) in [6.07, 6.45) is 3.34. The third-order valence-corrected chi connectivity index (χ3v) is 6.43. The average molecular weight is 471 g/mol. The maximum Gasteiger partial charge on any atom is 0.295 e. The van der Waals surface area contributed by atoms with E-state index in [0.29, 0.717) is 5.56 Å². The highest BCUT2D eigenvalue weighted by Crippen LogP contribution is 2.42. The summed E-state index contributed by atoms with van der Waals surface area (Å²) in [6, 6.07) is 14.3. The average Bonchev–Trinajstić information content (AvgIpc) is 3.08. The van der Waals surface area contributed by atoms with Gasteiger partial charge in [0, 0.05) is 24.5 Å². The predicted octanol–water partition coefficient (Wildman–Crippen LogP) is 5.45. The molecule has 2 aromatic carbocycles. The number of ketones is 1. The highest BCUT2D eigenvalue weighted by molar-refractivity contribution is 6.46. The van der Waals surface area contributed by atoms with Crippen LogP contribution < -0.4 is 4.74 Å². The molecule has 0 spiro atoms. The van der Waals surface area contributed by atoms with Gasteiger partial charge in [0.05, 0.1) is 18.7 Å². The number of hydrogen-bond acceptors (Lipinski definition) is 5. The van der Waals surface area contributed by atoms with E-state index in [1.165, 1.54) is 4.90 Å². The SMILES string of the molecule is COc1cc(C)c(/C(O)=C2\C(=O)C(=O)N(Cc3cccnc3)C2c2cccc(C)c2)cc1C(C)C. The van der Waals surface area contributed by atoms with E-state index < -0.39 is 17.7 Å². The van der Waals surface area contributed by atoms with Crippen LogP contribution in [0, 0.1) is 13.8 Å². The summed E-state index contributed by atoms with van der Waals surface area (Å²) in [6.45, 7) is 8.09. The Morgan fingerprint density at radius 3 is 2.51 bits per heavy atom. The predicted molar refractivity (Wildman–Crippen MR) is 135 cm³/mol. The highest BCUT2D eigenvalue weighted by atomic mass is 16.5. The Morgan fingerprint density at radius 2 is 1.89 bits per heavy atom. The highest BCUT2D eigenvalue weighted by Gasteiger charge is 2.46. The second kappa shape index (κ2) is 9.74. The minimum absolute atomic E-state index is 0.0902. The van der Waals surface area contributed by atoms with Gasteiger partial charge in [0.25, 0.3) is 11.7 Å². The number of Topliss-reactive ketones (excluding diaryl/α,β-unsaturated/α-hetero) is 1. The number of aromatic nitrogens is 1. The van der Waals surface area contributed by atoms with Crippen molar-refractivity contribution in [2.75, 3.05) is 7.11 Å². The number of carbonyl (C=O) groups excluding carboxylic acids is 2. The standard InChI is InChI=1S/C29H30N2O4/c1-17(2)22-14-23(19(4)13-24(22)35-5)27(32)25-26(21-10-6-8-18(3)12-21)31(29(34)28(25)33)16-20-9-7-11-30-15-20/h6-15,17,26,32H,16H2,1-5H3/b27-25+. The minimum atomic E-state index is -0.723. The van der Waals surface area contributed by atoms with Crippen molar-refractivity contribution >= 4 is 17.4 Å². The Kier molecular flexibility index (Phi) is 6.74. The molecule has 0 bridgehead atoms. The number of aryl methyl sites for hydroxylation is 2. The Hall–Kier alpha value is -3.93. The lowest BCUT2D eigenvalue weighted by Crippen LogP contribution is -2.29. The monoisotopic (exact) mass is 470 g/mol. The molecule has 6 nitrogen and oxygen atoms in total. The first-order valence-corrected chi connectivity index (χ1v) is 11.7. The van der Waals surface area contributed by atoms with Crippen LogP contribution in [0.25, 0.3) is 5.76 Å². The molecule has 1 amide bonds. The van der Waals surface area contributed by atoms with Crippen molar-refractivity contribution in [2.45, 2.75) is 46.2 Å². The van der Waals surface area contributed by atoms with E-state index in [2.05, 4.69) is 4.98 Å². The van der Waals surface area contributed by atoms with Gasteiger partial charge in [-0.15, -0.1) is 0 Å². The van der Waals surface area contributed by atoms with E-state index >= 15 is 0 Å². The van der Waals surface area contributed by atoms with Gasteiger partial charge >= 0.3 is 0 Å². The summed E-state index contributed by atoms with van der Waals surface area (Å²) in [5, 5.41) is 11.6. The number of benzene rings is 2. The van der Waals surface area contributed by atoms with E-state index in [0.717, 1.165) is 33.6 Å². The summed E-state index contributed by atoms with van der Waals surface area (Å²) in [5.41, 5.74) is 4.84. The Bertz CT molecular complexity index is 1310. The van der Waals surface area contributed by atoms with E-state index in [1.807, 2.05) is 70.2 Å². The smallest absolute Gasteiger partial charge is 0.295 e. The van der Waals surface area contributed by atoms with Crippen molar-refractivity contribution in [3.63, 3.8) is 0 Å². The number of nitrogens with zero attached hydrogens (tertiary/aromatic N) is 2. The molecule has 1 aliphatic rings. The molecule has 1 aliphatic heterocycles. The molecule has 3 aromatic rings. The number of ether oxygens (including phenoxy) is 1. The van der Waals surface area contributed by atoms with Crippen LogP contribution in [0.4, 0.5) is 0 Å². The van der Waals surface area contributed by atoms with E-state index in [4.69, 9.17) is 4.74 Å². The van der Waals surface area contributed by atoms with Crippen molar-refractivity contribution in [1.29, 1.82) is 0 Å². The van der Waals surface area contributed by atoms with E-state index in [1.54, 1.807) is 25.6 Å². The number of methoxy groups -OCH3 is 1. The number of carbonyl (C=O) groups is 2. The van der Waals surface area contributed by atoms with Crippen LogP contribution in [0.1, 0.15) is 59.2 Å². The van der Waals surface area contributed by atoms with Gasteiger partial charge in [0.2, 0.25) is 0 Å². The van der Waals surface area contributed by atoms with Gasteiger partial charge in [0.1, 0.15) is 11.5 Å². The van der Waals surface area contributed by atoms with E-state index in [-0.39, 0.29) is 23.8 Å². The van der Waals surface area contributed by atoms with Crippen LogP contribution in [0.5, 0.6) is 5.75 Å². The van der Waals surface area contributed by atoms with Crippen molar-refractivity contribution in [3.8, 4) is 5.75 Å². The zero-order valence-corrected chi connectivity index (χ0v) is 20.7. The van der Waals surface area contributed by atoms with Crippen LogP contribution in [0.2, 0.25) is 0 Å². The summed E-state index contributed by atoms with van der Waals surface area (Å²) >= 11 is 0. The van der Waals surface area contributed by atoms with Gasteiger partial charge in [0.15, 0.2) is 0 Å². The molecular weight excluding hydrogens is 440 g/mol. The fraction of sp³-hybridized carbons (Fsp3) is 0.276. The molecule has 1 N–H and O–H groups in total. The molecule has 35 heavy (non-hydrogen) atoms. The van der Waals surface area contributed by atoms with Gasteiger partial charge in [-0.3, -0.25) is 14.6 Å². The Labute approximate surface area is 205 Å². The molecule has 1 fully saturated rings. The number of aliphatic hydroxyl groups is 1. The Balaban J connectivity index is 1.93. The quantitative estimate of drug-likeness (QED) is 0.294. The van der Waals surface area contributed by atoms with Crippen LogP contribution in [-0.4, -0.2) is 33.8 Å². The van der Waals surface area contributed by atoms with Crippen LogP contribution in [0.3, 0.4) is 0 Å². The van der Waals surface area contributed by atoms with Crippen LogP contribution in [0.15, 0.2) is 66.5 Å². The number of aliphatic hydroxyl groups excluding tert-OH is 1. The largest absolute Gasteiger partial charge is 0.507 e. The Morgan fingerprint density at radius 1 is 1.11 bits per heavy atom. The molecule has 0 aliphatic carbocycles. The number of rotatable bonds is 6. The topological polar surface area (TPSA) is 79.7 Å². The maximum atomic E-state index is 13.4. The molecule has 4 rings (SSSR count). The third kappa shape index (κ3) is 4.56. The van der Waals surface area contributed by atoms with Crippen molar-refractivity contribution in [1.82, 2.24) is 9.88 Å². The lowest BCUT2D eigenvalue weighted by molar-refractivity contribution is -0.140. The first-order valence-electron chi connectivity index (χ1n) is 11.7. The van der Waals surface area contributed by atoms with Gasteiger partial charge in [-0.2, -0.15) is 0 Å². The summed E-state index contributed by atoms with van der Waals surface area (Å²) in [4.78, 5) is 32.3. The molecule has 6 heteroatoms. The number of pyridine rings is 1. The molecule has 1 atom stereocenters. The first kappa shape index (κ1) is 24.2. The van der Waals surface area contributed by atoms with Crippen molar-refractivity contribution in [3.05, 3.63) is 99.9 Å². The molecule has 0 radical (unpaired) electrons. The second-order valence-corrected chi connectivity index (χ2v) is 9.27. The molecule has 0 saturated carbocycles. The van der Waals surface area contributed by atoms with Gasteiger partial charge in [-0.1, -0.05) is 49.7 Å². The lowest BCUT2D eigenvalue weighted by atomic mass is 9.90. The molecule has 2 heterocycles. The normalized spacial score (nSPS) is 17.3. The second-order valence-electron chi connectivity index (χ2n) is 9.27. The summed E-state index contributed by atoms with van der Waals surface area (Å²) < 4.78 is 5.54. The molecule has 1 saturated heterocycles. The van der Waals surface area contributed by atoms with Gasteiger partial charge in [-0.25, -0.2) is 0 Å². The van der Waals surface area contributed by atoms with Crippen LogP contribution >= 0.6 is 0 Å². The molecular formula is C29H30N2O4.